The molecule has 0 radical (unpaired) electrons. The van der Waals surface area contributed by atoms with Crippen molar-refractivity contribution >= 4 is 61.4 Å². The average Bonchev–Trinajstić information content (AvgIpc) is 3.38. The molecule has 79 heavy (non-hydrogen) atoms. The molecule has 6 heteroatoms. The summed E-state index contributed by atoms with van der Waals surface area (Å²) in [6.07, 6.45) is 0. The minimum absolute atomic E-state index is 0.349. The SMILES string of the molecule is COc1ccc2c(c1)c1ccccc1c1cc3c(cc21)C(C)(C)c1cc2c(cc1-3)Sc1ccccc1N2c1nc(-c2cc(-c3ccccc3)cc(-c3ccccc3)c2)nc(-c2cc(-c3ccccc3)cc(-c3ccccc3)c2)n1. The molecule has 0 unspecified atom stereocenters. The molecule has 15 rings (SSSR count). The van der Waals surface area contributed by atoms with Crippen LogP contribution in [0.2, 0.25) is 0 Å². The van der Waals surface area contributed by atoms with Crippen molar-refractivity contribution in [3.63, 3.8) is 0 Å². The highest BCUT2D eigenvalue weighted by Gasteiger charge is 2.39. The molecular weight excluding hydrogens is 981 g/mol. The Morgan fingerprint density at radius 1 is 0.342 bits per heavy atom. The Hall–Kier alpha value is -9.62. The number of rotatable bonds is 8. The van der Waals surface area contributed by atoms with E-state index in [4.69, 9.17) is 19.7 Å². The lowest BCUT2D eigenvalue weighted by Crippen LogP contribution is -2.20. The van der Waals surface area contributed by atoms with Crippen LogP contribution in [0, 0.1) is 0 Å². The second kappa shape index (κ2) is 18.5. The van der Waals surface area contributed by atoms with E-state index in [0.717, 1.165) is 82.5 Å². The van der Waals surface area contributed by atoms with Gasteiger partial charge in [-0.15, -0.1) is 0 Å². The summed E-state index contributed by atoms with van der Waals surface area (Å²) in [4.78, 5) is 21.4. The molecule has 0 fully saturated rings. The molecule has 0 saturated carbocycles. The number of anilines is 3. The van der Waals surface area contributed by atoms with Gasteiger partial charge in [0.15, 0.2) is 11.6 Å². The highest BCUT2D eigenvalue weighted by atomic mass is 32.2. The number of fused-ring (bicyclic) bond motifs is 11. The van der Waals surface area contributed by atoms with Crippen LogP contribution < -0.4 is 9.64 Å². The number of aromatic nitrogens is 3. The molecule has 0 saturated heterocycles. The number of hydrogen-bond acceptors (Lipinski definition) is 6. The fourth-order valence-corrected chi connectivity index (χ4v) is 13.3. The smallest absolute Gasteiger partial charge is 0.238 e. The number of ether oxygens (including phenoxy) is 1. The number of nitrogens with zero attached hydrogens (tertiary/aromatic N) is 4. The molecule has 0 bridgehead atoms. The van der Waals surface area contributed by atoms with E-state index < -0.39 is 0 Å². The third-order valence-corrected chi connectivity index (χ3v) is 17.2. The predicted octanol–water partition coefficient (Wildman–Crippen LogP) is 19.6. The maximum atomic E-state index is 5.77. The van der Waals surface area contributed by atoms with Gasteiger partial charge in [0, 0.05) is 26.3 Å². The van der Waals surface area contributed by atoms with Gasteiger partial charge < -0.3 is 4.74 Å². The maximum Gasteiger partial charge on any atom is 0.238 e. The molecular formula is C73H50N4OS. The first-order valence-corrected chi connectivity index (χ1v) is 27.7. The van der Waals surface area contributed by atoms with Crippen LogP contribution in [-0.2, 0) is 5.41 Å². The first-order valence-electron chi connectivity index (χ1n) is 26.8. The van der Waals surface area contributed by atoms with Crippen molar-refractivity contribution in [3.8, 4) is 84.2 Å². The van der Waals surface area contributed by atoms with Gasteiger partial charge in [0.2, 0.25) is 5.95 Å². The molecule has 1 aliphatic heterocycles. The molecule has 0 amide bonds. The molecule has 5 nitrogen and oxygen atoms in total. The number of benzene rings is 12. The highest BCUT2D eigenvalue weighted by Crippen LogP contribution is 2.58. The van der Waals surface area contributed by atoms with Crippen molar-refractivity contribution in [3.05, 3.63) is 260 Å². The van der Waals surface area contributed by atoms with Crippen LogP contribution in [0.25, 0.3) is 111 Å². The Morgan fingerprint density at radius 2 is 0.772 bits per heavy atom. The van der Waals surface area contributed by atoms with E-state index in [9.17, 15) is 0 Å². The van der Waals surface area contributed by atoms with Gasteiger partial charge in [-0.25, -0.2) is 4.98 Å². The summed E-state index contributed by atoms with van der Waals surface area (Å²) in [5.41, 5.74) is 17.3. The summed E-state index contributed by atoms with van der Waals surface area (Å²) in [6, 6.07) is 89.5. The minimum Gasteiger partial charge on any atom is -0.497 e. The maximum absolute atomic E-state index is 5.77. The zero-order valence-electron chi connectivity index (χ0n) is 43.8. The van der Waals surface area contributed by atoms with Crippen LogP contribution in [0.3, 0.4) is 0 Å². The van der Waals surface area contributed by atoms with Crippen molar-refractivity contribution in [2.45, 2.75) is 29.1 Å². The predicted molar refractivity (Wildman–Crippen MR) is 328 cm³/mol. The largest absolute Gasteiger partial charge is 0.497 e. The lowest BCUT2D eigenvalue weighted by atomic mass is 9.81. The molecule has 2 aliphatic rings. The first kappa shape index (κ1) is 46.7. The van der Waals surface area contributed by atoms with E-state index in [1.54, 1.807) is 7.11 Å². The van der Waals surface area contributed by atoms with Gasteiger partial charge in [-0.3, -0.25) is 4.90 Å². The zero-order valence-corrected chi connectivity index (χ0v) is 44.6. The molecule has 374 valence electrons. The van der Waals surface area contributed by atoms with Crippen LogP contribution in [0.4, 0.5) is 17.3 Å². The van der Waals surface area contributed by atoms with Crippen LogP contribution in [0.1, 0.15) is 25.0 Å². The van der Waals surface area contributed by atoms with Gasteiger partial charge in [0.1, 0.15) is 5.75 Å². The normalized spacial score (nSPS) is 13.0. The molecule has 2 heterocycles. The van der Waals surface area contributed by atoms with Gasteiger partial charge in [-0.1, -0.05) is 189 Å². The molecule has 0 atom stereocenters. The van der Waals surface area contributed by atoms with E-state index in [1.807, 2.05) is 11.8 Å². The summed E-state index contributed by atoms with van der Waals surface area (Å²) in [5.74, 6) is 2.55. The molecule has 0 N–H and O–H groups in total. The summed E-state index contributed by atoms with van der Waals surface area (Å²) in [6.45, 7) is 4.76. The van der Waals surface area contributed by atoms with Gasteiger partial charge in [-0.05, 0) is 184 Å². The fourth-order valence-electron chi connectivity index (χ4n) is 12.2. The van der Waals surface area contributed by atoms with Gasteiger partial charge in [-0.2, -0.15) is 9.97 Å². The van der Waals surface area contributed by atoms with Crippen molar-refractivity contribution in [2.24, 2.45) is 0 Å². The van der Waals surface area contributed by atoms with Gasteiger partial charge in [0.25, 0.3) is 0 Å². The van der Waals surface area contributed by atoms with Crippen LogP contribution in [0.5, 0.6) is 5.75 Å². The Morgan fingerprint density at radius 3 is 1.30 bits per heavy atom. The first-order chi connectivity index (χ1) is 38.8. The second-order valence-corrected chi connectivity index (χ2v) is 22.2. The lowest BCUT2D eigenvalue weighted by Gasteiger charge is -2.33. The quantitative estimate of drug-likeness (QED) is 0.141. The van der Waals surface area contributed by atoms with E-state index in [2.05, 4.69) is 267 Å². The molecule has 12 aromatic carbocycles. The highest BCUT2D eigenvalue weighted by molar-refractivity contribution is 7.99. The van der Waals surface area contributed by atoms with Crippen molar-refractivity contribution < 1.29 is 4.74 Å². The summed E-state index contributed by atoms with van der Waals surface area (Å²) in [7, 11) is 1.74. The van der Waals surface area contributed by atoms with Gasteiger partial charge in [0.05, 0.1) is 18.5 Å². The summed E-state index contributed by atoms with van der Waals surface area (Å²) >= 11 is 1.81. The number of methoxy groups -OCH3 is 1. The Labute approximate surface area is 463 Å². The topological polar surface area (TPSA) is 51.1 Å². The Kier molecular flexibility index (Phi) is 11.0. The van der Waals surface area contributed by atoms with Crippen LogP contribution >= 0.6 is 11.8 Å². The van der Waals surface area contributed by atoms with Crippen molar-refractivity contribution in [1.29, 1.82) is 0 Å². The summed E-state index contributed by atoms with van der Waals surface area (Å²) < 4.78 is 5.77. The average molecular weight is 1030 g/mol. The van der Waals surface area contributed by atoms with E-state index in [1.165, 1.54) is 54.6 Å². The van der Waals surface area contributed by atoms with Crippen molar-refractivity contribution in [2.75, 3.05) is 12.0 Å². The zero-order chi connectivity index (χ0) is 52.8. The molecule has 13 aromatic rings. The van der Waals surface area contributed by atoms with Crippen LogP contribution in [0.15, 0.2) is 259 Å². The Bertz CT molecular complexity index is 4320. The monoisotopic (exact) mass is 1030 g/mol. The third-order valence-electron chi connectivity index (χ3n) is 16.1. The van der Waals surface area contributed by atoms with Crippen LogP contribution in [-0.4, -0.2) is 22.1 Å². The van der Waals surface area contributed by atoms with E-state index >= 15 is 0 Å². The standard InChI is InChI=1S/C73H50N4OS/c1-73(2)64-42-61-58-33-32-55(78-3)40-59(58)56-28-16-17-29-57(56)60(61)41-62(64)63-43-69-67(44-65(63)73)77(66-30-18-19-31-68(66)79-69)72-75-70(53-36-49(45-20-8-4-9-21-45)34-50(37-53)46-22-10-5-11-23-46)74-71(76-72)54-38-51(47-24-12-6-13-25-47)35-52(39-54)48-26-14-7-15-27-48/h4-44H,1-3H3. The van der Waals surface area contributed by atoms with E-state index in [-0.39, 0.29) is 5.41 Å². The molecule has 1 aromatic heterocycles. The number of hydrogen-bond donors (Lipinski definition) is 0. The van der Waals surface area contributed by atoms with Crippen molar-refractivity contribution in [1.82, 2.24) is 15.0 Å². The van der Waals surface area contributed by atoms with E-state index in [0.29, 0.717) is 17.6 Å². The lowest BCUT2D eigenvalue weighted by molar-refractivity contribution is 0.415. The Balaban J connectivity index is 0.973. The summed E-state index contributed by atoms with van der Waals surface area (Å²) in [5, 5.41) is 7.36. The molecule has 1 aliphatic carbocycles. The third kappa shape index (κ3) is 7.89. The number of para-hydroxylation sites is 1. The fraction of sp³-hybridized carbons (Fsp3) is 0.0548. The second-order valence-electron chi connectivity index (χ2n) is 21.1. The molecule has 0 spiro atoms. The van der Waals surface area contributed by atoms with Gasteiger partial charge >= 0.3 is 0 Å². The minimum atomic E-state index is -0.349.